The van der Waals surface area contributed by atoms with Gasteiger partial charge >= 0.3 is 18.2 Å². The number of nitrogens with one attached hydrogen (secondary N) is 1. The number of carboxylic acid groups (broad SMARTS) is 1. The van der Waals surface area contributed by atoms with Gasteiger partial charge in [-0.2, -0.15) is 18.0 Å². The second-order valence-corrected chi connectivity index (χ2v) is 9.86. The normalized spacial score (nSPS) is 11.7. The molecule has 1 atom stereocenters. The van der Waals surface area contributed by atoms with Gasteiger partial charge in [0.05, 0.1) is 21.0 Å². The number of Topliss-reactive ketones (excluding diaryl/α,β-unsaturated/α-hetero) is 1. The first-order valence-electron chi connectivity index (χ1n) is 11.8. The molecule has 0 saturated heterocycles. The molecular weight excluding hydrogens is 612 g/mol. The number of hydrogen-bond acceptors (Lipinski definition) is 9. The van der Waals surface area contributed by atoms with Crippen molar-refractivity contribution in [2.75, 3.05) is 6.54 Å². The third-order valence-corrected chi connectivity index (χ3v) is 6.77. The average Bonchev–Trinajstić information content (AvgIpc) is 3.36. The number of carboxylic acids is 1. The molecule has 0 fully saturated rings. The summed E-state index contributed by atoms with van der Waals surface area (Å²) in [6, 6.07) is 13.7. The number of benzene rings is 2. The highest BCUT2D eigenvalue weighted by molar-refractivity contribution is 7.99. The maximum atomic E-state index is 12.9. The molecule has 1 heterocycles. The Bertz CT molecular complexity index is 1280. The van der Waals surface area contributed by atoms with Gasteiger partial charge in [-0.1, -0.05) is 59.6 Å². The Morgan fingerprint density at radius 1 is 1.07 bits per heavy atom. The van der Waals surface area contributed by atoms with Crippen LogP contribution in [0.5, 0.6) is 0 Å². The van der Waals surface area contributed by atoms with Gasteiger partial charge in [0.25, 0.3) is 0 Å². The average molecular weight is 637 g/mol. The molecule has 222 valence electrons. The van der Waals surface area contributed by atoms with Crippen LogP contribution in [0.4, 0.5) is 18.0 Å². The van der Waals surface area contributed by atoms with E-state index in [-0.39, 0.29) is 24.1 Å². The minimum atomic E-state index is -5.08. The zero-order chi connectivity index (χ0) is 30.4. The molecule has 0 saturated carbocycles. The van der Waals surface area contributed by atoms with Gasteiger partial charge < -0.3 is 20.9 Å². The summed E-state index contributed by atoms with van der Waals surface area (Å²) in [5.74, 6) is -3.04. The van der Waals surface area contributed by atoms with E-state index in [0.717, 1.165) is 23.7 Å². The van der Waals surface area contributed by atoms with Crippen LogP contribution in [0.25, 0.3) is 0 Å². The summed E-state index contributed by atoms with van der Waals surface area (Å²) in [7, 11) is 0. The molecule has 1 unspecified atom stereocenters. The summed E-state index contributed by atoms with van der Waals surface area (Å²) >= 11 is 13.5. The number of carbonyl (C=O) groups excluding carboxylic acids is 2. The Labute approximate surface area is 246 Å². The van der Waals surface area contributed by atoms with Crippen molar-refractivity contribution in [2.24, 2.45) is 5.73 Å². The smallest absolute Gasteiger partial charge is 0.475 e. The predicted octanol–water partition coefficient (Wildman–Crippen LogP) is 4.76. The Morgan fingerprint density at radius 3 is 2.29 bits per heavy atom. The van der Waals surface area contributed by atoms with E-state index < -0.39 is 24.3 Å². The minimum absolute atomic E-state index is 0.103. The van der Waals surface area contributed by atoms with Crippen LogP contribution < -0.4 is 11.1 Å². The number of carbonyl (C=O) groups is 3. The maximum absolute atomic E-state index is 12.9. The van der Waals surface area contributed by atoms with Gasteiger partial charge in [0.2, 0.25) is 5.16 Å². The molecule has 0 radical (unpaired) electrons. The van der Waals surface area contributed by atoms with Gasteiger partial charge in [0, 0.05) is 0 Å². The molecule has 1 amide bonds. The predicted molar refractivity (Wildman–Crippen MR) is 144 cm³/mol. The molecular formula is C24H25Cl2F3N6O5S. The van der Waals surface area contributed by atoms with Crippen LogP contribution in [0.2, 0.25) is 10.0 Å². The monoisotopic (exact) mass is 636 g/mol. The van der Waals surface area contributed by atoms with Gasteiger partial charge in [0.1, 0.15) is 13.2 Å². The quantitative estimate of drug-likeness (QED) is 0.236. The number of amides is 1. The Hall–Kier alpha value is -3.40. The number of unbranched alkanes of at least 4 members (excludes halogenated alkanes) is 1. The maximum Gasteiger partial charge on any atom is 0.490 e. The van der Waals surface area contributed by atoms with Crippen LogP contribution in [-0.2, 0) is 27.5 Å². The number of ketones is 1. The highest BCUT2D eigenvalue weighted by Gasteiger charge is 2.38. The molecule has 0 aliphatic rings. The third kappa shape index (κ3) is 12.3. The van der Waals surface area contributed by atoms with Crippen molar-refractivity contribution in [2.45, 2.75) is 54.7 Å². The van der Waals surface area contributed by atoms with E-state index in [4.69, 9.17) is 43.6 Å². The molecule has 2 aromatic carbocycles. The Kier molecular flexibility index (Phi) is 13.8. The van der Waals surface area contributed by atoms with Crippen molar-refractivity contribution < 1.29 is 37.4 Å². The van der Waals surface area contributed by atoms with Crippen molar-refractivity contribution in [1.29, 1.82) is 0 Å². The van der Waals surface area contributed by atoms with Crippen molar-refractivity contribution in [1.82, 2.24) is 25.5 Å². The van der Waals surface area contributed by atoms with E-state index in [1.54, 1.807) is 18.2 Å². The van der Waals surface area contributed by atoms with E-state index in [0.29, 0.717) is 34.3 Å². The fraction of sp³-hybridized carbons (Fsp3) is 0.333. The zero-order valence-corrected chi connectivity index (χ0v) is 23.5. The number of nitrogens with zero attached hydrogens (tertiary/aromatic N) is 4. The molecule has 17 heteroatoms. The molecule has 3 rings (SSSR count). The lowest BCUT2D eigenvalue weighted by Gasteiger charge is -2.17. The van der Waals surface area contributed by atoms with Crippen molar-refractivity contribution >= 4 is 52.8 Å². The fourth-order valence-electron chi connectivity index (χ4n) is 2.97. The lowest BCUT2D eigenvalue weighted by molar-refractivity contribution is -0.192. The summed E-state index contributed by atoms with van der Waals surface area (Å²) in [5.41, 5.74) is 6.41. The molecule has 3 aromatic rings. The second kappa shape index (κ2) is 16.8. The van der Waals surface area contributed by atoms with Gasteiger partial charge in [-0.05, 0) is 60.5 Å². The molecule has 0 spiro atoms. The molecule has 0 bridgehead atoms. The largest absolute Gasteiger partial charge is 0.490 e. The summed E-state index contributed by atoms with van der Waals surface area (Å²) in [5, 5.41) is 23.1. The van der Waals surface area contributed by atoms with E-state index in [1.807, 2.05) is 30.3 Å². The summed E-state index contributed by atoms with van der Waals surface area (Å²) in [6.07, 6.45) is -3.94. The number of alkyl halides is 3. The highest BCUT2D eigenvalue weighted by atomic mass is 35.5. The standard InChI is InChI=1S/C22H24Cl2N6O3S.C2HF3O2/c23-16-9-6-10-17(24)20(16)34-21-27-29-30(28-21)13-19(31)18(11-4-5-12-25)26-22(32)33-14-15-7-2-1-3-8-15;3-2(4,5)1(6)7/h1-3,6-10,18H,4-5,11-14,25H2,(H,26,32);(H,6,7). The first kappa shape index (κ1) is 33.8. The molecule has 41 heavy (non-hydrogen) atoms. The summed E-state index contributed by atoms with van der Waals surface area (Å²) in [6.45, 7) is 0.428. The molecule has 4 N–H and O–H groups in total. The SMILES string of the molecule is NCCCCC(NC(=O)OCc1ccccc1)C(=O)Cn1nnc(Sc2c(Cl)cccc2Cl)n1.O=C(O)C(F)(F)F. The summed E-state index contributed by atoms with van der Waals surface area (Å²) < 4.78 is 37.0. The first-order chi connectivity index (χ1) is 19.4. The van der Waals surface area contributed by atoms with Crippen LogP contribution in [0.1, 0.15) is 24.8 Å². The first-order valence-corrected chi connectivity index (χ1v) is 13.4. The number of hydrogen-bond donors (Lipinski definition) is 3. The van der Waals surface area contributed by atoms with Crippen LogP contribution in [0.3, 0.4) is 0 Å². The number of ether oxygens (including phenoxy) is 1. The van der Waals surface area contributed by atoms with Crippen LogP contribution in [-0.4, -0.2) is 61.9 Å². The van der Waals surface area contributed by atoms with E-state index in [9.17, 15) is 22.8 Å². The van der Waals surface area contributed by atoms with Gasteiger partial charge in [-0.15, -0.1) is 10.2 Å². The zero-order valence-electron chi connectivity index (χ0n) is 21.2. The number of halogens is 5. The number of rotatable bonds is 12. The van der Waals surface area contributed by atoms with Crippen molar-refractivity contribution in [3.63, 3.8) is 0 Å². The lowest BCUT2D eigenvalue weighted by Crippen LogP contribution is -2.42. The number of tetrazole rings is 1. The van der Waals surface area contributed by atoms with Crippen LogP contribution in [0, 0.1) is 0 Å². The topological polar surface area (TPSA) is 162 Å². The number of alkyl carbamates (subject to hydrolysis) is 1. The third-order valence-electron chi connectivity index (χ3n) is 4.93. The van der Waals surface area contributed by atoms with Crippen LogP contribution >= 0.6 is 35.0 Å². The molecule has 0 aliphatic heterocycles. The van der Waals surface area contributed by atoms with Crippen LogP contribution in [0.15, 0.2) is 58.6 Å². The van der Waals surface area contributed by atoms with E-state index >= 15 is 0 Å². The van der Waals surface area contributed by atoms with Crippen molar-refractivity contribution in [3.05, 3.63) is 64.1 Å². The fourth-order valence-corrected chi connectivity index (χ4v) is 4.33. The molecule has 1 aromatic heterocycles. The number of nitrogens with two attached hydrogens (primary N) is 1. The van der Waals surface area contributed by atoms with Gasteiger partial charge in [-0.3, -0.25) is 4.79 Å². The highest BCUT2D eigenvalue weighted by Crippen LogP contribution is 2.36. The van der Waals surface area contributed by atoms with Gasteiger partial charge in [0.15, 0.2) is 5.78 Å². The lowest BCUT2D eigenvalue weighted by atomic mass is 10.1. The van der Waals surface area contributed by atoms with Crippen molar-refractivity contribution in [3.8, 4) is 0 Å². The summed E-state index contributed by atoms with van der Waals surface area (Å²) in [4.78, 5) is 35.9. The Balaban J connectivity index is 0.000000745. The van der Waals surface area contributed by atoms with E-state index in [1.165, 1.54) is 4.80 Å². The van der Waals surface area contributed by atoms with E-state index in [2.05, 4.69) is 20.7 Å². The second-order valence-electron chi connectivity index (χ2n) is 8.07. The molecule has 11 nitrogen and oxygen atoms in total. The van der Waals surface area contributed by atoms with Gasteiger partial charge in [-0.25, -0.2) is 9.59 Å². The number of aliphatic carboxylic acids is 1. The Morgan fingerprint density at radius 2 is 1.71 bits per heavy atom. The molecule has 0 aliphatic carbocycles. The minimum Gasteiger partial charge on any atom is -0.475 e. The number of aromatic nitrogens is 4.